The second-order valence-electron chi connectivity index (χ2n) is 6.95. The van der Waals surface area contributed by atoms with E-state index in [-0.39, 0.29) is 5.57 Å². The van der Waals surface area contributed by atoms with Gasteiger partial charge in [-0.2, -0.15) is 5.26 Å². The summed E-state index contributed by atoms with van der Waals surface area (Å²) in [5.74, 6) is -0.272. The molecule has 0 atom stereocenters. The van der Waals surface area contributed by atoms with E-state index in [4.69, 9.17) is 9.47 Å². The summed E-state index contributed by atoms with van der Waals surface area (Å²) in [6.07, 6.45) is 6.17. The molecule has 0 fully saturated rings. The summed E-state index contributed by atoms with van der Waals surface area (Å²) in [5, 5.41) is 12.7. The number of hydrogen-bond donors (Lipinski definition) is 1. The molecule has 1 heterocycles. The van der Waals surface area contributed by atoms with Gasteiger partial charge in [-0.3, -0.25) is 4.79 Å². The zero-order valence-corrected chi connectivity index (χ0v) is 17.9. The summed E-state index contributed by atoms with van der Waals surface area (Å²) in [4.78, 5) is 26.2. The molecule has 0 saturated carbocycles. The van der Waals surface area contributed by atoms with Crippen molar-refractivity contribution in [2.45, 2.75) is 39.0 Å². The number of rotatable bonds is 7. The normalized spacial score (nSPS) is 13.2. The molecule has 0 saturated heterocycles. The lowest BCUT2D eigenvalue weighted by atomic mass is 9.95. The maximum absolute atomic E-state index is 12.8. The van der Waals surface area contributed by atoms with E-state index in [1.165, 1.54) is 24.5 Å². The maximum atomic E-state index is 12.8. The molecule has 1 aromatic carbocycles. The Bertz CT molecular complexity index is 999. The van der Waals surface area contributed by atoms with E-state index >= 15 is 0 Å². The van der Waals surface area contributed by atoms with Crippen molar-refractivity contribution in [2.24, 2.45) is 0 Å². The molecule has 1 aliphatic rings. The molecule has 7 heteroatoms. The highest BCUT2D eigenvalue weighted by molar-refractivity contribution is 7.17. The first-order valence-electron chi connectivity index (χ1n) is 9.96. The fourth-order valence-corrected chi connectivity index (χ4v) is 4.61. The number of anilines is 1. The van der Waals surface area contributed by atoms with Crippen molar-refractivity contribution in [2.75, 3.05) is 19.0 Å². The van der Waals surface area contributed by atoms with Crippen LogP contribution in [0.4, 0.5) is 5.00 Å². The number of ether oxygens (including phenoxy) is 2. The first kappa shape index (κ1) is 21.6. The van der Waals surface area contributed by atoms with E-state index in [0.717, 1.165) is 48.3 Å². The van der Waals surface area contributed by atoms with Gasteiger partial charge in [-0.25, -0.2) is 4.79 Å². The maximum Gasteiger partial charge on any atom is 0.341 e. The number of carbonyl (C=O) groups is 2. The smallest absolute Gasteiger partial charge is 0.341 e. The van der Waals surface area contributed by atoms with Gasteiger partial charge in [0.2, 0.25) is 0 Å². The lowest BCUT2D eigenvalue weighted by molar-refractivity contribution is -0.112. The number of methoxy groups -OCH3 is 1. The van der Waals surface area contributed by atoms with Crippen molar-refractivity contribution in [3.63, 3.8) is 0 Å². The zero-order valence-electron chi connectivity index (χ0n) is 17.1. The SMILES string of the molecule is CCCOc1ccc(C=C(C#N)C(=O)Nc2sc3c(c2C(=O)OC)CCCC3)cc1. The number of esters is 1. The second kappa shape index (κ2) is 10.1. The molecule has 30 heavy (non-hydrogen) atoms. The van der Waals surface area contributed by atoms with Crippen molar-refractivity contribution in [3.8, 4) is 11.8 Å². The molecule has 156 valence electrons. The molecular weight excluding hydrogens is 400 g/mol. The first-order chi connectivity index (χ1) is 14.6. The number of thiophene rings is 1. The van der Waals surface area contributed by atoms with E-state index < -0.39 is 11.9 Å². The van der Waals surface area contributed by atoms with Gasteiger partial charge in [0.15, 0.2) is 0 Å². The number of amides is 1. The van der Waals surface area contributed by atoms with Crippen LogP contribution in [0.2, 0.25) is 0 Å². The topological polar surface area (TPSA) is 88.4 Å². The molecule has 3 rings (SSSR count). The van der Waals surface area contributed by atoms with Crippen LogP contribution < -0.4 is 10.1 Å². The van der Waals surface area contributed by atoms with Crippen LogP contribution in [0.1, 0.15) is 52.5 Å². The largest absolute Gasteiger partial charge is 0.494 e. The van der Waals surface area contributed by atoms with Crippen LogP contribution in [0.15, 0.2) is 29.8 Å². The molecule has 0 bridgehead atoms. The van der Waals surface area contributed by atoms with Gasteiger partial charge in [-0.15, -0.1) is 11.3 Å². The minimum atomic E-state index is -0.549. The van der Waals surface area contributed by atoms with Gasteiger partial charge < -0.3 is 14.8 Å². The standard InChI is InChI=1S/C23H24N2O4S/c1-3-12-29-17-10-8-15(9-11-17)13-16(14-24)21(26)25-22-20(23(27)28-2)18-6-4-5-7-19(18)30-22/h8-11,13H,3-7,12H2,1-2H3,(H,25,26). The van der Waals surface area contributed by atoms with E-state index in [2.05, 4.69) is 5.32 Å². The highest BCUT2D eigenvalue weighted by atomic mass is 32.1. The predicted molar refractivity (Wildman–Crippen MR) is 117 cm³/mol. The number of nitrogens with zero attached hydrogens (tertiary/aromatic N) is 1. The average Bonchev–Trinajstić information content (AvgIpc) is 3.13. The number of nitriles is 1. The molecule has 0 unspecified atom stereocenters. The molecule has 1 aliphatic carbocycles. The summed E-state index contributed by atoms with van der Waals surface area (Å²) in [6.45, 7) is 2.67. The quantitative estimate of drug-likeness (QED) is 0.394. The van der Waals surface area contributed by atoms with Gasteiger partial charge in [0.05, 0.1) is 19.3 Å². The van der Waals surface area contributed by atoms with Crippen LogP contribution >= 0.6 is 11.3 Å². The lowest BCUT2D eigenvalue weighted by Gasteiger charge is -2.11. The summed E-state index contributed by atoms with van der Waals surface area (Å²) in [6, 6.07) is 9.14. The third-order valence-electron chi connectivity index (χ3n) is 4.82. The first-order valence-corrected chi connectivity index (χ1v) is 10.8. The highest BCUT2D eigenvalue weighted by Crippen LogP contribution is 2.38. The molecule has 0 radical (unpaired) electrons. The third kappa shape index (κ3) is 4.89. The van der Waals surface area contributed by atoms with Crippen LogP contribution in [0.3, 0.4) is 0 Å². The Morgan fingerprint density at radius 2 is 1.97 bits per heavy atom. The van der Waals surface area contributed by atoms with Crippen molar-refractivity contribution >= 4 is 34.3 Å². The summed E-state index contributed by atoms with van der Waals surface area (Å²) >= 11 is 1.39. The summed E-state index contributed by atoms with van der Waals surface area (Å²) in [5.41, 5.74) is 2.04. The van der Waals surface area contributed by atoms with Crippen molar-refractivity contribution in [1.29, 1.82) is 5.26 Å². The molecule has 0 aliphatic heterocycles. The minimum Gasteiger partial charge on any atom is -0.494 e. The number of benzene rings is 1. The third-order valence-corrected chi connectivity index (χ3v) is 6.02. The monoisotopic (exact) mass is 424 g/mol. The predicted octanol–water partition coefficient (Wildman–Crippen LogP) is 4.75. The Morgan fingerprint density at radius 3 is 2.63 bits per heavy atom. The summed E-state index contributed by atoms with van der Waals surface area (Å²) in [7, 11) is 1.33. The Kier molecular flexibility index (Phi) is 7.26. The van der Waals surface area contributed by atoms with Crippen LogP contribution in [0, 0.1) is 11.3 Å². The Morgan fingerprint density at radius 1 is 1.23 bits per heavy atom. The summed E-state index contributed by atoms with van der Waals surface area (Å²) < 4.78 is 10.5. The molecule has 0 spiro atoms. The second-order valence-corrected chi connectivity index (χ2v) is 8.05. The van der Waals surface area contributed by atoms with Crippen molar-refractivity contribution < 1.29 is 19.1 Å². The van der Waals surface area contributed by atoms with Gasteiger partial charge in [0, 0.05) is 4.88 Å². The number of hydrogen-bond acceptors (Lipinski definition) is 6. The lowest BCUT2D eigenvalue weighted by Crippen LogP contribution is -2.16. The average molecular weight is 425 g/mol. The minimum absolute atomic E-state index is 0.0422. The van der Waals surface area contributed by atoms with Crippen molar-refractivity contribution in [1.82, 2.24) is 0 Å². The Labute approximate surface area is 180 Å². The number of nitrogens with one attached hydrogen (secondary N) is 1. The van der Waals surface area contributed by atoms with Crippen LogP contribution in [-0.2, 0) is 22.4 Å². The Balaban J connectivity index is 1.82. The van der Waals surface area contributed by atoms with E-state index in [0.29, 0.717) is 22.7 Å². The van der Waals surface area contributed by atoms with E-state index in [9.17, 15) is 14.9 Å². The zero-order chi connectivity index (χ0) is 21.5. The molecule has 6 nitrogen and oxygen atoms in total. The fourth-order valence-electron chi connectivity index (χ4n) is 3.34. The van der Waals surface area contributed by atoms with Crippen LogP contribution in [0.25, 0.3) is 6.08 Å². The fraction of sp³-hybridized carbons (Fsp3) is 0.348. The number of aryl methyl sites for hydroxylation is 1. The van der Waals surface area contributed by atoms with Gasteiger partial charge in [0.1, 0.15) is 22.4 Å². The highest BCUT2D eigenvalue weighted by Gasteiger charge is 2.27. The van der Waals surface area contributed by atoms with Crippen molar-refractivity contribution in [3.05, 3.63) is 51.4 Å². The molecule has 1 aromatic heterocycles. The van der Waals surface area contributed by atoms with Gasteiger partial charge in [-0.1, -0.05) is 19.1 Å². The number of fused-ring (bicyclic) bond motifs is 1. The van der Waals surface area contributed by atoms with Crippen LogP contribution in [-0.4, -0.2) is 25.6 Å². The number of carbonyl (C=O) groups excluding carboxylic acids is 2. The van der Waals surface area contributed by atoms with Crippen LogP contribution in [0.5, 0.6) is 5.75 Å². The molecule has 1 N–H and O–H groups in total. The Hall–Kier alpha value is -3.11. The van der Waals surface area contributed by atoms with Gasteiger partial charge in [-0.05, 0) is 61.4 Å². The molecular formula is C23H24N2O4S. The van der Waals surface area contributed by atoms with E-state index in [1.54, 1.807) is 24.3 Å². The van der Waals surface area contributed by atoms with Gasteiger partial charge in [0.25, 0.3) is 5.91 Å². The van der Waals surface area contributed by atoms with Gasteiger partial charge >= 0.3 is 5.97 Å². The molecule has 2 aromatic rings. The van der Waals surface area contributed by atoms with E-state index in [1.807, 2.05) is 13.0 Å². The molecule has 1 amide bonds.